The molecule has 1 aliphatic heterocycles. The fraction of sp³-hybridized carbons (Fsp3) is 0.429. The molecular formula is C21H23F3N6O4. The molecule has 1 saturated heterocycles. The number of anilines is 1. The maximum atomic E-state index is 13.9. The van der Waals surface area contributed by atoms with Crippen molar-refractivity contribution < 1.29 is 32.2 Å². The highest BCUT2D eigenvalue weighted by molar-refractivity contribution is 5.97. The van der Waals surface area contributed by atoms with Crippen LogP contribution in [-0.2, 0) is 17.5 Å². The van der Waals surface area contributed by atoms with Gasteiger partial charge in [0.2, 0.25) is 11.5 Å². The number of hydrogen-bond donors (Lipinski definition) is 1. The molecule has 34 heavy (non-hydrogen) atoms. The average molecular weight is 480 g/mol. The number of alkyl halides is 3. The molecule has 10 nitrogen and oxygen atoms in total. The van der Waals surface area contributed by atoms with Crippen molar-refractivity contribution in [1.29, 1.82) is 5.41 Å². The number of benzene rings is 1. The minimum absolute atomic E-state index is 0.165. The number of carbonyl (C=O) groups excluding carboxylic acids is 1. The van der Waals surface area contributed by atoms with Gasteiger partial charge in [-0.2, -0.15) is 17.7 Å². The van der Waals surface area contributed by atoms with Crippen molar-refractivity contribution >= 4 is 17.1 Å². The Morgan fingerprint density at radius 2 is 1.94 bits per heavy atom. The van der Waals surface area contributed by atoms with Gasteiger partial charge in [-0.25, -0.2) is 4.68 Å². The van der Waals surface area contributed by atoms with E-state index in [0.717, 1.165) is 10.7 Å². The van der Waals surface area contributed by atoms with E-state index >= 15 is 0 Å². The first-order chi connectivity index (χ1) is 16.2. The van der Waals surface area contributed by atoms with E-state index in [-0.39, 0.29) is 28.5 Å². The first-order valence-electron chi connectivity index (χ1n) is 10.5. The third-order valence-corrected chi connectivity index (χ3v) is 5.30. The van der Waals surface area contributed by atoms with Crippen LogP contribution >= 0.6 is 0 Å². The molecule has 0 amide bonds. The van der Waals surface area contributed by atoms with Gasteiger partial charge < -0.3 is 19.1 Å². The summed E-state index contributed by atoms with van der Waals surface area (Å²) < 4.78 is 59.5. The number of nitrogens with zero attached hydrogens (tertiary/aromatic N) is 5. The summed E-state index contributed by atoms with van der Waals surface area (Å²) >= 11 is 0. The lowest BCUT2D eigenvalue weighted by atomic mass is 10.0. The molecule has 0 unspecified atom stereocenters. The van der Waals surface area contributed by atoms with Crippen LogP contribution in [0.25, 0.3) is 5.65 Å². The zero-order valence-electron chi connectivity index (χ0n) is 18.6. The maximum Gasteiger partial charge on any atom is 0.420 e. The number of aromatic nitrogens is 4. The van der Waals surface area contributed by atoms with Crippen LogP contribution < -0.4 is 20.0 Å². The molecule has 182 valence electrons. The number of hydrogen-bond acceptors (Lipinski definition) is 8. The standard InChI is InChI=1S/C21H23F3N6O4/c1-3-34-18-5-4-17-26-29(20(25)30(17)27-18)12-16(31)13-10-14(21(22,23)24)19(32-2)15(11-13)28-6-8-33-9-7-28/h4-5,10-11,25H,3,6-9,12H2,1-2H3. The lowest BCUT2D eigenvalue weighted by molar-refractivity contribution is -0.138. The van der Waals surface area contributed by atoms with Crippen molar-refractivity contribution in [2.75, 3.05) is 44.9 Å². The van der Waals surface area contributed by atoms with Crippen molar-refractivity contribution in [2.45, 2.75) is 19.6 Å². The van der Waals surface area contributed by atoms with Gasteiger partial charge in [-0.3, -0.25) is 10.2 Å². The van der Waals surface area contributed by atoms with E-state index in [2.05, 4.69) is 10.2 Å². The molecular weight excluding hydrogens is 457 g/mol. The predicted molar refractivity (Wildman–Crippen MR) is 113 cm³/mol. The summed E-state index contributed by atoms with van der Waals surface area (Å²) in [6, 6.07) is 5.30. The summed E-state index contributed by atoms with van der Waals surface area (Å²) in [5.41, 5.74) is -0.972. The van der Waals surface area contributed by atoms with Crippen molar-refractivity contribution in [3.63, 3.8) is 0 Å². The molecule has 3 heterocycles. The number of fused-ring (bicyclic) bond motifs is 1. The zero-order valence-corrected chi connectivity index (χ0v) is 18.6. The lowest BCUT2D eigenvalue weighted by Gasteiger charge is -2.31. The Hall–Kier alpha value is -3.61. The highest BCUT2D eigenvalue weighted by Gasteiger charge is 2.37. The molecule has 0 spiro atoms. The summed E-state index contributed by atoms with van der Waals surface area (Å²) in [4.78, 5) is 14.8. The third-order valence-electron chi connectivity index (χ3n) is 5.30. The summed E-state index contributed by atoms with van der Waals surface area (Å²) in [6.07, 6.45) is -4.74. The van der Waals surface area contributed by atoms with Crippen LogP contribution in [0, 0.1) is 5.41 Å². The number of ketones is 1. The van der Waals surface area contributed by atoms with Gasteiger partial charge in [0.05, 0.1) is 32.6 Å². The van der Waals surface area contributed by atoms with Crippen LogP contribution in [0.5, 0.6) is 11.6 Å². The first-order valence-corrected chi connectivity index (χ1v) is 10.5. The van der Waals surface area contributed by atoms with Crippen LogP contribution in [0.4, 0.5) is 18.9 Å². The fourth-order valence-corrected chi connectivity index (χ4v) is 3.71. The largest absolute Gasteiger partial charge is 0.494 e. The normalized spacial score (nSPS) is 14.4. The highest BCUT2D eigenvalue weighted by Crippen LogP contribution is 2.43. The van der Waals surface area contributed by atoms with Crippen LogP contribution in [0.2, 0.25) is 0 Å². The number of methoxy groups -OCH3 is 1. The summed E-state index contributed by atoms with van der Waals surface area (Å²) in [5.74, 6) is -0.714. The van der Waals surface area contributed by atoms with Crippen molar-refractivity contribution in [3.8, 4) is 11.6 Å². The van der Waals surface area contributed by atoms with E-state index in [1.807, 2.05) is 0 Å². The highest BCUT2D eigenvalue weighted by atomic mass is 19.4. The topological polar surface area (TPSA) is 107 Å². The van der Waals surface area contributed by atoms with Gasteiger partial charge in [-0.1, -0.05) is 0 Å². The molecule has 0 atom stereocenters. The van der Waals surface area contributed by atoms with Gasteiger partial charge in [-0.15, -0.1) is 10.2 Å². The molecule has 0 saturated carbocycles. The Labute approximate surface area is 192 Å². The fourth-order valence-electron chi connectivity index (χ4n) is 3.71. The summed E-state index contributed by atoms with van der Waals surface area (Å²) in [6.45, 7) is 3.13. The van der Waals surface area contributed by atoms with E-state index in [4.69, 9.17) is 19.6 Å². The Morgan fingerprint density at radius 3 is 2.59 bits per heavy atom. The second kappa shape index (κ2) is 9.33. The molecule has 0 aliphatic carbocycles. The van der Waals surface area contributed by atoms with Crippen molar-refractivity contribution in [1.82, 2.24) is 19.4 Å². The monoisotopic (exact) mass is 480 g/mol. The number of nitrogens with one attached hydrogen (secondary N) is 1. The molecule has 0 bridgehead atoms. The molecule has 2 aromatic heterocycles. The lowest BCUT2D eigenvalue weighted by Crippen LogP contribution is -2.37. The first kappa shape index (κ1) is 23.5. The molecule has 3 aromatic rings. The van der Waals surface area contributed by atoms with E-state index in [0.29, 0.717) is 38.6 Å². The molecule has 0 radical (unpaired) electrons. The molecule has 4 rings (SSSR count). The number of ether oxygens (including phenoxy) is 3. The van der Waals surface area contributed by atoms with Gasteiger partial charge in [0.15, 0.2) is 17.2 Å². The average Bonchev–Trinajstić information content (AvgIpc) is 3.13. The number of morpholine rings is 1. The Kier molecular flexibility index (Phi) is 6.46. The second-order valence-electron chi connectivity index (χ2n) is 7.45. The minimum Gasteiger partial charge on any atom is -0.494 e. The molecule has 13 heteroatoms. The van der Waals surface area contributed by atoms with Crippen LogP contribution in [-0.4, -0.2) is 65.2 Å². The van der Waals surface area contributed by atoms with Gasteiger partial charge in [0, 0.05) is 24.7 Å². The molecule has 1 N–H and O–H groups in total. The quantitative estimate of drug-likeness (QED) is 0.517. The van der Waals surface area contributed by atoms with Crippen LogP contribution in [0.1, 0.15) is 22.8 Å². The van der Waals surface area contributed by atoms with E-state index in [1.54, 1.807) is 24.0 Å². The van der Waals surface area contributed by atoms with E-state index in [1.165, 1.54) is 17.7 Å². The van der Waals surface area contributed by atoms with Crippen LogP contribution in [0.3, 0.4) is 0 Å². The Morgan fingerprint density at radius 1 is 1.21 bits per heavy atom. The zero-order chi connectivity index (χ0) is 24.5. The van der Waals surface area contributed by atoms with Crippen LogP contribution in [0.15, 0.2) is 24.3 Å². The molecule has 1 aliphatic rings. The number of Topliss-reactive ketones (excluding diaryl/α,β-unsaturated/α-hetero) is 1. The van der Waals surface area contributed by atoms with Crippen molar-refractivity contribution in [3.05, 3.63) is 41.0 Å². The summed E-state index contributed by atoms with van der Waals surface area (Å²) in [5, 5.41) is 16.6. The third kappa shape index (κ3) is 4.55. The van der Waals surface area contributed by atoms with E-state index < -0.39 is 24.1 Å². The maximum absolute atomic E-state index is 13.9. The van der Waals surface area contributed by atoms with E-state index in [9.17, 15) is 18.0 Å². The SMILES string of the molecule is CCOc1ccc2nn(CC(=O)c3cc(N4CCOCC4)c(OC)c(C(F)(F)F)c3)c(=N)n2n1. The number of carbonyl (C=O) groups is 1. The van der Waals surface area contributed by atoms with Crippen molar-refractivity contribution in [2.24, 2.45) is 0 Å². The molecule has 1 fully saturated rings. The minimum atomic E-state index is -4.74. The van der Waals surface area contributed by atoms with Gasteiger partial charge in [-0.05, 0) is 25.1 Å². The smallest absolute Gasteiger partial charge is 0.420 e. The number of halogens is 3. The van der Waals surface area contributed by atoms with Gasteiger partial charge in [0.25, 0.3) is 0 Å². The summed E-state index contributed by atoms with van der Waals surface area (Å²) in [7, 11) is 1.17. The predicted octanol–water partition coefficient (Wildman–Crippen LogP) is 2.16. The Bertz CT molecular complexity index is 1260. The van der Waals surface area contributed by atoms with Gasteiger partial charge in [0.1, 0.15) is 12.1 Å². The second-order valence-corrected chi connectivity index (χ2v) is 7.45. The molecule has 1 aromatic carbocycles. The van der Waals surface area contributed by atoms with Gasteiger partial charge >= 0.3 is 6.18 Å². The number of rotatable bonds is 7. The Balaban J connectivity index is 1.73.